The maximum Gasteiger partial charge on any atom is 0.0496 e. The van der Waals surface area contributed by atoms with Gasteiger partial charge in [-0.15, -0.1) is 0 Å². The molecule has 1 saturated heterocycles. The lowest BCUT2D eigenvalue weighted by Crippen LogP contribution is -1.74. The second kappa shape index (κ2) is 5.80. The number of rotatable bonds is 0. The predicted molar refractivity (Wildman–Crippen MR) is 42.1 cm³/mol. The van der Waals surface area contributed by atoms with E-state index in [1.807, 2.05) is 12.1 Å². The molecule has 2 rings (SSSR count). The Kier molecular flexibility index (Phi) is 4.29. The summed E-state index contributed by atoms with van der Waals surface area (Å²) in [6, 6.07) is 3.65. The smallest absolute Gasteiger partial charge is 0.0496 e. The van der Waals surface area contributed by atoms with E-state index in [2.05, 4.69) is 10.2 Å². The summed E-state index contributed by atoms with van der Waals surface area (Å²) in [7, 11) is 0. The first-order valence-electron chi connectivity index (χ1n) is 3.79. The van der Waals surface area contributed by atoms with E-state index in [4.69, 9.17) is 4.74 Å². The van der Waals surface area contributed by atoms with Crippen molar-refractivity contribution in [3.8, 4) is 0 Å². The lowest BCUT2D eigenvalue weighted by molar-refractivity contribution is 0.198. The van der Waals surface area contributed by atoms with Crippen molar-refractivity contribution < 1.29 is 4.74 Å². The molecule has 11 heavy (non-hydrogen) atoms. The molecule has 1 fully saturated rings. The summed E-state index contributed by atoms with van der Waals surface area (Å²) in [4.78, 5) is 0. The highest BCUT2D eigenvalue weighted by Crippen LogP contribution is 1.98. The fraction of sp³-hybridized carbons (Fsp3) is 0.500. The molecule has 0 atom stereocenters. The van der Waals surface area contributed by atoms with Gasteiger partial charge in [-0.2, -0.15) is 10.2 Å². The van der Waals surface area contributed by atoms with Crippen molar-refractivity contribution in [2.24, 2.45) is 0 Å². The van der Waals surface area contributed by atoms with Gasteiger partial charge in [-0.25, -0.2) is 0 Å². The van der Waals surface area contributed by atoms with Gasteiger partial charge in [0.15, 0.2) is 0 Å². The first-order valence-corrected chi connectivity index (χ1v) is 3.79. The Morgan fingerprint density at radius 2 is 1.45 bits per heavy atom. The molecule has 3 heteroatoms. The van der Waals surface area contributed by atoms with Crippen LogP contribution in [0.1, 0.15) is 12.8 Å². The molecular formula is C8H12N2O. The Labute approximate surface area is 66.4 Å². The van der Waals surface area contributed by atoms with Crippen molar-refractivity contribution >= 4 is 0 Å². The van der Waals surface area contributed by atoms with E-state index >= 15 is 0 Å². The van der Waals surface area contributed by atoms with Gasteiger partial charge in [0.1, 0.15) is 0 Å². The topological polar surface area (TPSA) is 35.0 Å². The standard InChI is InChI=1S/C4H4N2.C4H8O/c1-2-4-6-5-3-1;1-2-4-5-3-1/h1-4H;1-4H2. The molecule has 3 nitrogen and oxygen atoms in total. The molecule has 0 saturated carbocycles. The van der Waals surface area contributed by atoms with Crippen LogP contribution in [0.25, 0.3) is 0 Å². The Morgan fingerprint density at radius 1 is 0.909 bits per heavy atom. The van der Waals surface area contributed by atoms with Gasteiger partial charge in [0.25, 0.3) is 0 Å². The molecule has 60 valence electrons. The second-order valence-corrected chi connectivity index (χ2v) is 2.23. The third-order valence-electron chi connectivity index (χ3n) is 1.31. The van der Waals surface area contributed by atoms with Crippen molar-refractivity contribution in [2.45, 2.75) is 12.8 Å². The van der Waals surface area contributed by atoms with Crippen molar-refractivity contribution in [1.29, 1.82) is 0 Å². The number of nitrogens with zero attached hydrogens (tertiary/aromatic N) is 2. The molecule has 0 aliphatic carbocycles. The monoisotopic (exact) mass is 152 g/mol. The second-order valence-electron chi connectivity index (χ2n) is 2.23. The van der Waals surface area contributed by atoms with E-state index in [1.54, 1.807) is 12.4 Å². The first-order chi connectivity index (χ1) is 5.50. The molecule has 1 aliphatic rings. The molecule has 0 radical (unpaired) electrons. The number of hydrogen-bond donors (Lipinski definition) is 0. The van der Waals surface area contributed by atoms with Crippen LogP contribution in [-0.2, 0) is 4.74 Å². The summed E-state index contributed by atoms with van der Waals surface area (Å²) in [5.74, 6) is 0. The minimum absolute atomic E-state index is 1.00. The molecule has 1 aromatic rings. The SMILES string of the molecule is C1CCOC1.c1ccnnc1. The molecule has 0 N–H and O–H groups in total. The van der Waals surface area contributed by atoms with Crippen LogP contribution in [0.3, 0.4) is 0 Å². The molecular weight excluding hydrogens is 140 g/mol. The van der Waals surface area contributed by atoms with E-state index in [9.17, 15) is 0 Å². The van der Waals surface area contributed by atoms with E-state index in [-0.39, 0.29) is 0 Å². The summed E-state index contributed by atoms with van der Waals surface area (Å²) in [6.45, 7) is 2.00. The Hall–Kier alpha value is -0.960. The van der Waals surface area contributed by atoms with Crippen LogP contribution < -0.4 is 0 Å². The molecule has 0 amide bonds. The average molecular weight is 152 g/mol. The maximum atomic E-state index is 4.94. The highest BCUT2D eigenvalue weighted by molar-refractivity contribution is 4.79. The fourth-order valence-corrected chi connectivity index (χ4v) is 0.764. The minimum Gasteiger partial charge on any atom is -0.381 e. The van der Waals surface area contributed by atoms with Crippen LogP contribution in [-0.4, -0.2) is 23.4 Å². The minimum atomic E-state index is 1.00. The van der Waals surface area contributed by atoms with Crippen LogP contribution in [0, 0.1) is 0 Å². The van der Waals surface area contributed by atoms with E-state index < -0.39 is 0 Å². The van der Waals surface area contributed by atoms with Crippen LogP contribution >= 0.6 is 0 Å². The van der Waals surface area contributed by atoms with Gasteiger partial charge in [-0.1, -0.05) is 0 Å². The van der Waals surface area contributed by atoms with Crippen LogP contribution in [0.15, 0.2) is 24.5 Å². The van der Waals surface area contributed by atoms with Gasteiger partial charge in [0, 0.05) is 25.6 Å². The zero-order valence-corrected chi connectivity index (χ0v) is 6.44. The molecule has 0 unspecified atom stereocenters. The van der Waals surface area contributed by atoms with Crippen molar-refractivity contribution in [1.82, 2.24) is 10.2 Å². The fourth-order valence-electron chi connectivity index (χ4n) is 0.764. The third-order valence-corrected chi connectivity index (χ3v) is 1.31. The van der Waals surface area contributed by atoms with Gasteiger partial charge in [0.05, 0.1) is 0 Å². The summed E-state index contributed by atoms with van der Waals surface area (Å²) < 4.78 is 4.94. The Bertz CT molecular complexity index is 129. The molecule has 1 aromatic heterocycles. The zero-order chi connectivity index (χ0) is 7.78. The van der Waals surface area contributed by atoms with Crippen molar-refractivity contribution in [3.05, 3.63) is 24.5 Å². The molecule has 2 heterocycles. The summed E-state index contributed by atoms with van der Waals surface area (Å²) in [5, 5.41) is 7.07. The molecule has 0 bridgehead atoms. The highest BCUT2D eigenvalue weighted by atomic mass is 16.5. The average Bonchev–Trinajstić information content (AvgIpc) is 2.64. The van der Waals surface area contributed by atoms with Crippen LogP contribution in [0.4, 0.5) is 0 Å². The predicted octanol–water partition coefficient (Wildman–Crippen LogP) is 1.27. The van der Waals surface area contributed by atoms with Crippen molar-refractivity contribution in [3.63, 3.8) is 0 Å². The quantitative estimate of drug-likeness (QED) is 0.561. The summed E-state index contributed by atoms with van der Waals surface area (Å²) in [6.07, 6.45) is 5.83. The van der Waals surface area contributed by atoms with Crippen LogP contribution in [0.2, 0.25) is 0 Å². The lowest BCUT2D eigenvalue weighted by Gasteiger charge is -1.76. The van der Waals surface area contributed by atoms with Crippen molar-refractivity contribution in [2.75, 3.05) is 13.2 Å². The number of aromatic nitrogens is 2. The van der Waals surface area contributed by atoms with Gasteiger partial charge < -0.3 is 4.74 Å². The summed E-state index contributed by atoms with van der Waals surface area (Å²) in [5.41, 5.74) is 0. The third kappa shape index (κ3) is 4.44. The Morgan fingerprint density at radius 3 is 1.64 bits per heavy atom. The number of ether oxygens (including phenoxy) is 1. The highest BCUT2D eigenvalue weighted by Gasteiger charge is 1.94. The molecule has 0 aromatic carbocycles. The van der Waals surface area contributed by atoms with Gasteiger partial charge in [-0.05, 0) is 25.0 Å². The van der Waals surface area contributed by atoms with E-state index in [0.29, 0.717) is 0 Å². The zero-order valence-electron chi connectivity index (χ0n) is 6.44. The normalized spacial score (nSPS) is 15.3. The van der Waals surface area contributed by atoms with Gasteiger partial charge in [-0.3, -0.25) is 0 Å². The van der Waals surface area contributed by atoms with Gasteiger partial charge >= 0.3 is 0 Å². The van der Waals surface area contributed by atoms with E-state index in [0.717, 1.165) is 13.2 Å². The maximum absolute atomic E-state index is 4.94. The summed E-state index contributed by atoms with van der Waals surface area (Å²) >= 11 is 0. The molecule has 0 spiro atoms. The largest absolute Gasteiger partial charge is 0.381 e. The number of hydrogen-bond acceptors (Lipinski definition) is 3. The van der Waals surface area contributed by atoms with Crippen LogP contribution in [0.5, 0.6) is 0 Å². The lowest BCUT2D eigenvalue weighted by atomic mass is 10.4. The molecule has 1 aliphatic heterocycles. The van der Waals surface area contributed by atoms with Gasteiger partial charge in [0.2, 0.25) is 0 Å². The van der Waals surface area contributed by atoms with E-state index in [1.165, 1.54) is 12.8 Å². The Balaban J connectivity index is 0.000000112. The first kappa shape index (κ1) is 8.14.